The van der Waals surface area contributed by atoms with Gasteiger partial charge in [-0.2, -0.15) is 0 Å². The van der Waals surface area contributed by atoms with Crippen molar-refractivity contribution in [2.24, 2.45) is 5.73 Å². The summed E-state index contributed by atoms with van der Waals surface area (Å²) in [6.45, 7) is 8.26. The summed E-state index contributed by atoms with van der Waals surface area (Å²) in [4.78, 5) is 28.3. The van der Waals surface area contributed by atoms with Gasteiger partial charge in [-0.1, -0.05) is 80.1 Å². The highest BCUT2D eigenvalue weighted by Crippen LogP contribution is 2.32. The van der Waals surface area contributed by atoms with Gasteiger partial charge in [0.1, 0.15) is 0 Å². The third kappa shape index (κ3) is 7.76. The number of hydrogen-bond acceptors (Lipinski definition) is 4. The van der Waals surface area contributed by atoms with Crippen LogP contribution in [-0.2, 0) is 13.0 Å². The summed E-state index contributed by atoms with van der Waals surface area (Å²) in [5.74, 6) is -1.26. The first kappa shape index (κ1) is 29.1. The maximum atomic E-state index is 13.8. The van der Waals surface area contributed by atoms with Crippen molar-refractivity contribution in [2.45, 2.75) is 58.6 Å². The maximum absolute atomic E-state index is 13.8. The first-order chi connectivity index (χ1) is 18.3. The zero-order valence-electron chi connectivity index (χ0n) is 22.8. The second-order valence-corrected chi connectivity index (χ2v) is 9.91. The van der Waals surface area contributed by atoms with Gasteiger partial charge in [-0.05, 0) is 55.0 Å². The number of nitrogens with one attached hydrogen (secondary N) is 1. The molecular weight excluding hydrogens is 474 g/mol. The van der Waals surface area contributed by atoms with E-state index in [0.29, 0.717) is 43.7 Å². The molecule has 0 saturated heterocycles. The van der Waals surface area contributed by atoms with Crippen LogP contribution in [0.2, 0.25) is 0 Å². The number of hydrogen-bond donors (Lipinski definition) is 3. The van der Waals surface area contributed by atoms with Crippen LogP contribution < -0.4 is 11.1 Å². The zero-order chi connectivity index (χ0) is 27.5. The summed E-state index contributed by atoms with van der Waals surface area (Å²) >= 11 is 0. The van der Waals surface area contributed by atoms with Crippen LogP contribution in [0.15, 0.2) is 72.8 Å². The van der Waals surface area contributed by atoms with E-state index in [1.807, 2.05) is 74.2 Å². The Bertz CT molecular complexity index is 1190. The summed E-state index contributed by atoms with van der Waals surface area (Å²) < 4.78 is 0. The fourth-order valence-electron chi connectivity index (χ4n) is 5.02. The quantitative estimate of drug-likeness (QED) is 0.286. The Labute approximate surface area is 226 Å². The summed E-state index contributed by atoms with van der Waals surface area (Å²) in [5, 5.41) is 14.9. The lowest BCUT2D eigenvalue weighted by molar-refractivity contribution is 0.0751. The molecule has 6 heteroatoms. The Balaban J connectivity index is 2.01. The Morgan fingerprint density at radius 2 is 1.53 bits per heavy atom. The Morgan fingerprint density at radius 1 is 0.895 bits per heavy atom. The fourth-order valence-corrected chi connectivity index (χ4v) is 5.02. The van der Waals surface area contributed by atoms with Gasteiger partial charge in [-0.3, -0.25) is 9.59 Å². The average molecular weight is 516 g/mol. The van der Waals surface area contributed by atoms with Gasteiger partial charge in [0.25, 0.3) is 5.91 Å². The highest BCUT2D eigenvalue weighted by Gasteiger charge is 2.31. The van der Waals surface area contributed by atoms with Gasteiger partial charge in [0.05, 0.1) is 6.10 Å². The van der Waals surface area contributed by atoms with Gasteiger partial charge >= 0.3 is 0 Å². The molecule has 3 rings (SSSR count). The van der Waals surface area contributed by atoms with Gasteiger partial charge in [0, 0.05) is 43.2 Å². The van der Waals surface area contributed by atoms with Crippen molar-refractivity contribution in [3.8, 4) is 0 Å². The Hall–Kier alpha value is -3.48. The number of primary amides is 1. The highest BCUT2D eigenvalue weighted by atomic mass is 16.3. The van der Waals surface area contributed by atoms with E-state index in [-0.39, 0.29) is 11.5 Å². The lowest BCUT2D eigenvalue weighted by atomic mass is 9.81. The molecule has 6 nitrogen and oxygen atoms in total. The minimum atomic E-state index is -0.863. The molecule has 0 bridgehead atoms. The van der Waals surface area contributed by atoms with Gasteiger partial charge in [0.15, 0.2) is 0 Å². The lowest BCUT2D eigenvalue weighted by Crippen LogP contribution is -2.37. The van der Waals surface area contributed by atoms with Gasteiger partial charge in [0.2, 0.25) is 5.91 Å². The van der Waals surface area contributed by atoms with E-state index in [2.05, 4.69) is 11.4 Å². The van der Waals surface area contributed by atoms with Gasteiger partial charge in [-0.25, -0.2) is 0 Å². The molecule has 2 atom stereocenters. The van der Waals surface area contributed by atoms with E-state index < -0.39 is 17.9 Å². The van der Waals surface area contributed by atoms with Gasteiger partial charge in [-0.15, -0.1) is 0 Å². The molecule has 0 fully saturated rings. The van der Waals surface area contributed by atoms with Crippen LogP contribution in [0.4, 0.5) is 0 Å². The van der Waals surface area contributed by atoms with E-state index in [0.717, 1.165) is 24.0 Å². The molecule has 3 aromatic rings. The van der Waals surface area contributed by atoms with E-state index in [1.165, 1.54) is 5.56 Å². The molecule has 0 saturated carbocycles. The number of aryl methyl sites for hydroxylation is 1. The van der Waals surface area contributed by atoms with Crippen LogP contribution in [0.3, 0.4) is 0 Å². The van der Waals surface area contributed by atoms with Crippen LogP contribution in [-0.4, -0.2) is 47.6 Å². The molecule has 0 radical (unpaired) electrons. The molecule has 4 N–H and O–H groups in total. The summed E-state index contributed by atoms with van der Waals surface area (Å²) in [6, 6.07) is 23.2. The smallest absolute Gasteiger partial charge is 0.254 e. The number of aliphatic hydroxyl groups is 1. The predicted molar refractivity (Wildman–Crippen MR) is 153 cm³/mol. The molecule has 0 aromatic heterocycles. The second-order valence-electron chi connectivity index (χ2n) is 9.91. The molecule has 0 aliphatic carbocycles. The first-order valence-corrected chi connectivity index (χ1v) is 13.6. The molecule has 0 spiro atoms. The molecule has 0 unspecified atom stereocenters. The molecule has 3 aromatic carbocycles. The number of carbonyl (C=O) groups is 2. The Morgan fingerprint density at radius 3 is 2.16 bits per heavy atom. The van der Waals surface area contributed by atoms with Crippen molar-refractivity contribution < 1.29 is 14.7 Å². The number of benzene rings is 3. The van der Waals surface area contributed by atoms with Crippen molar-refractivity contribution in [2.75, 3.05) is 19.6 Å². The topological polar surface area (TPSA) is 95.7 Å². The minimum Gasteiger partial charge on any atom is -0.391 e. The lowest BCUT2D eigenvalue weighted by Gasteiger charge is -2.29. The number of carbonyl (C=O) groups excluding carboxylic acids is 2. The molecule has 0 heterocycles. The van der Waals surface area contributed by atoms with E-state index in [4.69, 9.17) is 5.73 Å². The monoisotopic (exact) mass is 515 g/mol. The number of aliphatic hydroxyl groups excluding tert-OH is 1. The predicted octanol–water partition coefficient (Wildman–Crippen LogP) is 4.83. The molecule has 2 amide bonds. The maximum Gasteiger partial charge on any atom is 0.254 e. The molecule has 0 aliphatic heterocycles. The van der Waals surface area contributed by atoms with Crippen LogP contribution in [0, 0.1) is 6.92 Å². The number of amides is 2. The van der Waals surface area contributed by atoms with Crippen molar-refractivity contribution in [3.05, 3.63) is 106 Å². The second kappa shape index (κ2) is 14.5. The van der Waals surface area contributed by atoms with Crippen molar-refractivity contribution >= 4 is 11.8 Å². The van der Waals surface area contributed by atoms with E-state index in [1.54, 1.807) is 18.2 Å². The van der Waals surface area contributed by atoms with Crippen molar-refractivity contribution in [3.63, 3.8) is 0 Å². The normalized spacial score (nSPS) is 12.6. The summed E-state index contributed by atoms with van der Waals surface area (Å²) in [6.07, 6.45) is 1.25. The number of nitrogens with zero attached hydrogens (tertiary/aromatic N) is 1. The molecule has 202 valence electrons. The first-order valence-electron chi connectivity index (χ1n) is 13.6. The zero-order valence-corrected chi connectivity index (χ0v) is 22.8. The molecule has 38 heavy (non-hydrogen) atoms. The average Bonchev–Trinajstić information content (AvgIpc) is 2.91. The van der Waals surface area contributed by atoms with Crippen molar-refractivity contribution in [1.82, 2.24) is 10.2 Å². The number of nitrogens with two attached hydrogens (primary N) is 1. The fraction of sp³-hybridized carbons (Fsp3) is 0.375. The third-order valence-electron chi connectivity index (χ3n) is 6.78. The summed E-state index contributed by atoms with van der Waals surface area (Å²) in [5.41, 5.74) is 10.4. The Kier molecular flexibility index (Phi) is 11.1. The minimum absolute atomic E-state index is 0.134. The molecule has 0 aliphatic rings. The third-order valence-corrected chi connectivity index (χ3v) is 6.78. The molecular formula is C32H41N3O3. The van der Waals surface area contributed by atoms with Crippen LogP contribution >= 0.6 is 0 Å². The highest BCUT2D eigenvalue weighted by molar-refractivity contribution is 6.02. The van der Waals surface area contributed by atoms with Crippen molar-refractivity contribution in [1.29, 1.82) is 0 Å². The largest absolute Gasteiger partial charge is 0.391 e. The standard InChI is InChI=1S/C32H41N3O3/c1-4-17-35(18-5-2)32(38)27-16-10-15-26(31(33)37)30(27)28(20-24-12-7-6-8-13-24)29(36)22-34-21-25-14-9-11-23(3)19-25/h6-16,19,28-29,34,36H,4-5,17-18,20-22H2,1-3H3,(H2,33,37)/t28-,29+/m1/s1. The SMILES string of the molecule is CCCN(CCC)C(=O)c1cccc(C(N)=O)c1[C@H](Cc1ccccc1)[C@@H](O)CNCc1cccc(C)c1. The number of rotatable bonds is 14. The van der Waals surface area contributed by atoms with Crippen LogP contribution in [0.5, 0.6) is 0 Å². The summed E-state index contributed by atoms with van der Waals surface area (Å²) in [7, 11) is 0. The van der Waals surface area contributed by atoms with E-state index in [9.17, 15) is 14.7 Å². The van der Waals surface area contributed by atoms with E-state index >= 15 is 0 Å². The van der Waals surface area contributed by atoms with Crippen LogP contribution in [0.25, 0.3) is 0 Å². The van der Waals surface area contributed by atoms with Crippen LogP contribution in [0.1, 0.15) is 75.6 Å². The van der Waals surface area contributed by atoms with Gasteiger partial charge < -0.3 is 21.1 Å².